The standard InChI is InChI=1S/C34H53F3O2/c1-3-5-23-7-9-26(10-8-23)22-39-31-20-19-29(32(33(31)35)34(36)37)30(38)21-25-13-17-28(18-14-25)27-15-11-24(6-4-2)12-16-27/h19-20,23-28,30,34,38H,3-18,21-22H2,1-2H3. The zero-order valence-electron chi connectivity index (χ0n) is 24.5. The van der Waals surface area contributed by atoms with Gasteiger partial charge >= 0.3 is 0 Å². The molecule has 2 nitrogen and oxygen atoms in total. The van der Waals surface area contributed by atoms with E-state index in [1.54, 1.807) is 0 Å². The molecule has 0 aromatic heterocycles. The summed E-state index contributed by atoms with van der Waals surface area (Å²) >= 11 is 0. The molecule has 3 aliphatic carbocycles. The molecule has 222 valence electrons. The second kappa shape index (κ2) is 15.1. The van der Waals surface area contributed by atoms with Crippen LogP contribution in [0.3, 0.4) is 0 Å². The van der Waals surface area contributed by atoms with Gasteiger partial charge in [-0.3, -0.25) is 0 Å². The Labute approximate surface area is 235 Å². The average Bonchev–Trinajstić information content (AvgIpc) is 2.94. The van der Waals surface area contributed by atoms with Crippen LogP contribution in [0.25, 0.3) is 0 Å². The number of aliphatic hydroxyl groups excluding tert-OH is 1. The van der Waals surface area contributed by atoms with Crippen LogP contribution in [0.4, 0.5) is 13.2 Å². The number of alkyl halides is 2. The molecule has 39 heavy (non-hydrogen) atoms. The Morgan fingerprint density at radius 1 is 0.744 bits per heavy atom. The van der Waals surface area contributed by atoms with Crippen LogP contribution < -0.4 is 4.74 Å². The largest absolute Gasteiger partial charge is 0.490 e. The van der Waals surface area contributed by atoms with Gasteiger partial charge in [0.2, 0.25) is 0 Å². The van der Waals surface area contributed by atoms with E-state index in [0.29, 0.717) is 24.9 Å². The number of aliphatic hydroxyl groups is 1. The summed E-state index contributed by atoms with van der Waals surface area (Å²) < 4.78 is 49.1. The summed E-state index contributed by atoms with van der Waals surface area (Å²) in [6.45, 7) is 4.86. The quantitative estimate of drug-likeness (QED) is 0.280. The summed E-state index contributed by atoms with van der Waals surface area (Å²) in [5.74, 6) is 2.85. The second-order valence-corrected chi connectivity index (χ2v) is 13.3. The van der Waals surface area contributed by atoms with Crippen molar-refractivity contribution in [1.29, 1.82) is 0 Å². The Balaban J connectivity index is 1.28. The van der Waals surface area contributed by atoms with E-state index < -0.39 is 23.9 Å². The van der Waals surface area contributed by atoms with Crippen molar-refractivity contribution in [3.05, 3.63) is 29.1 Å². The maximum atomic E-state index is 15.3. The van der Waals surface area contributed by atoms with Crippen molar-refractivity contribution in [3.63, 3.8) is 0 Å². The predicted molar refractivity (Wildman–Crippen MR) is 153 cm³/mol. The van der Waals surface area contributed by atoms with E-state index >= 15 is 4.39 Å². The maximum Gasteiger partial charge on any atom is 0.267 e. The van der Waals surface area contributed by atoms with Gasteiger partial charge in [0.25, 0.3) is 6.43 Å². The van der Waals surface area contributed by atoms with Crippen LogP contribution >= 0.6 is 0 Å². The van der Waals surface area contributed by atoms with Crippen molar-refractivity contribution < 1.29 is 23.0 Å². The molecule has 1 aromatic carbocycles. The lowest BCUT2D eigenvalue weighted by Gasteiger charge is -2.38. The number of hydrogen-bond acceptors (Lipinski definition) is 2. The molecule has 3 fully saturated rings. The summed E-state index contributed by atoms with van der Waals surface area (Å²) in [4.78, 5) is 0. The molecule has 3 aliphatic rings. The fourth-order valence-corrected chi connectivity index (χ4v) is 8.21. The van der Waals surface area contributed by atoms with E-state index in [1.165, 1.54) is 89.2 Å². The Morgan fingerprint density at radius 2 is 1.23 bits per heavy atom. The lowest BCUT2D eigenvalue weighted by Crippen LogP contribution is -2.26. The molecule has 1 N–H and O–H groups in total. The summed E-state index contributed by atoms with van der Waals surface area (Å²) in [7, 11) is 0. The van der Waals surface area contributed by atoms with Gasteiger partial charge in [0.1, 0.15) is 0 Å². The van der Waals surface area contributed by atoms with Crippen molar-refractivity contribution in [3.8, 4) is 5.75 Å². The molecule has 0 radical (unpaired) electrons. The van der Waals surface area contributed by atoms with E-state index in [2.05, 4.69) is 13.8 Å². The molecule has 0 bridgehead atoms. The highest BCUT2D eigenvalue weighted by Gasteiger charge is 2.33. The van der Waals surface area contributed by atoms with Gasteiger partial charge in [-0.1, -0.05) is 84.1 Å². The number of halogens is 3. The Kier molecular flexibility index (Phi) is 11.9. The number of hydrogen-bond donors (Lipinski definition) is 1. The van der Waals surface area contributed by atoms with Gasteiger partial charge in [0.05, 0.1) is 18.3 Å². The zero-order chi connectivity index (χ0) is 27.8. The van der Waals surface area contributed by atoms with E-state index in [-0.39, 0.29) is 11.3 Å². The lowest BCUT2D eigenvalue weighted by molar-refractivity contribution is 0.0936. The maximum absolute atomic E-state index is 15.3. The van der Waals surface area contributed by atoms with Crippen molar-refractivity contribution in [2.45, 2.75) is 136 Å². The van der Waals surface area contributed by atoms with E-state index in [0.717, 1.165) is 49.4 Å². The average molecular weight is 551 g/mol. The topological polar surface area (TPSA) is 29.5 Å². The smallest absolute Gasteiger partial charge is 0.267 e. The van der Waals surface area contributed by atoms with Gasteiger partial charge in [0.15, 0.2) is 11.6 Å². The normalized spacial score (nSPS) is 30.8. The molecular weight excluding hydrogens is 497 g/mol. The summed E-state index contributed by atoms with van der Waals surface area (Å²) in [6, 6.07) is 2.93. The van der Waals surface area contributed by atoms with E-state index in [1.807, 2.05) is 0 Å². The second-order valence-electron chi connectivity index (χ2n) is 13.3. The fraction of sp³-hybridized carbons (Fsp3) is 0.824. The third-order valence-electron chi connectivity index (χ3n) is 10.6. The first-order valence-corrected chi connectivity index (χ1v) is 16.3. The molecular formula is C34H53F3O2. The molecule has 0 spiro atoms. The monoisotopic (exact) mass is 550 g/mol. The number of rotatable bonds is 12. The van der Waals surface area contributed by atoms with Crippen LogP contribution in [0.1, 0.15) is 147 Å². The van der Waals surface area contributed by atoms with E-state index in [9.17, 15) is 13.9 Å². The van der Waals surface area contributed by atoms with Crippen LogP contribution in [0.15, 0.2) is 12.1 Å². The third kappa shape index (κ3) is 8.39. The molecule has 4 rings (SSSR count). The molecule has 0 saturated heterocycles. The molecule has 3 saturated carbocycles. The molecule has 1 aromatic rings. The SMILES string of the molecule is CCCC1CCC(COc2ccc(C(O)CC3CCC(C4CCC(CCC)CC4)CC3)c(C(F)F)c2F)CC1. The summed E-state index contributed by atoms with van der Waals surface area (Å²) in [6.07, 6.45) is 15.8. The van der Waals surface area contributed by atoms with Crippen molar-refractivity contribution in [1.82, 2.24) is 0 Å². The highest BCUT2D eigenvalue weighted by molar-refractivity contribution is 5.40. The third-order valence-corrected chi connectivity index (χ3v) is 10.6. The number of benzene rings is 1. The zero-order valence-corrected chi connectivity index (χ0v) is 24.5. The molecule has 5 heteroatoms. The van der Waals surface area contributed by atoms with Gasteiger partial charge in [-0.25, -0.2) is 13.2 Å². The van der Waals surface area contributed by atoms with Crippen LogP contribution in [-0.4, -0.2) is 11.7 Å². The molecule has 0 heterocycles. The minimum Gasteiger partial charge on any atom is -0.490 e. The lowest BCUT2D eigenvalue weighted by atomic mass is 9.68. The first-order chi connectivity index (χ1) is 18.9. The van der Waals surface area contributed by atoms with Crippen molar-refractivity contribution in [2.75, 3.05) is 6.61 Å². The predicted octanol–water partition coefficient (Wildman–Crippen LogP) is 10.6. The van der Waals surface area contributed by atoms with Crippen molar-refractivity contribution >= 4 is 0 Å². The van der Waals surface area contributed by atoms with Gasteiger partial charge in [-0.15, -0.1) is 0 Å². The van der Waals surface area contributed by atoms with Crippen LogP contribution in [0.5, 0.6) is 5.75 Å². The Hall–Kier alpha value is -1.23. The van der Waals surface area contributed by atoms with Gasteiger partial charge < -0.3 is 9.84 Å². The molecule has 1 atom stereocenters. The molecule has 0 amide bonds. The highest BCUT2D eigenvalue weighted by atomic mass is 19.3. The minimum absolute atomic E-state index is 0.0336. The van der Waals surface area contributed by atoms with Crippen LogP contribution in [0, 0.1) is 41.3 Å². The molecule has 0 aliphatic heterocycles. The minimum atomic E-state index is -2.98. The first-order valence-electron chi connectivity index (χ1n) is 16.3. The molecule has 1 unspecified atom stereocenters. The van der Waals surface area contributed by atoms with Gasteiger partial charge in [0, 0.05) is 0 Å². The summed E-state index contributed by atoms with van der Waals surface area (Å²) in [5, 5.41) is 11.0. The number of ether oxygens (including phenoxy) is 1. The van der Waals surface area contributed by atoms with E-state index in [4.69, 9.17) is 4.74 Å². The van der Waals surface area contributed by atoms with Crippen LogP contribution in [-0.2, 0) is 0 Å². The Bertz CT molecular complexity index is 850. The Morgan fingerprint density at radius 3 is 1.74 bits per heavy atom. The van der Waals surface area contributed by atoms with Crippen LogP contribution in [0.2, 0.25) is 0 Å². The first kappa shape index (κ1) is 30.7. The highest BCUT2D eigenvalue weighted by Crippen LogP contribution is 2.45. The fourth-order valence-electron chi connectivity index (χ4n) is 8.21. The van der Waals surface area contributed by atoms with Gasteiger partial charge in [-0.2, -0.15) is 0 Å². The van der Waals surface area contributed by atoms with Crippen molar-refractivity contribution in [2.24, 2.45) is 35.5 Å². The summed E-state index contributed by atoms with van der Waals surface area (Å²) in [5.41, 5.74) is -0.643. The van der Waals surface area contributed by atoms with Gasteiger partial charge in [-0.05, 0) is 92.1 Å².